The third kappa shape index (κ3) is 2.51. The van der Waals surface area contributed by atoms with Crippen LogP contribution in [-0.2, 0) is 0 Å². The van der Waals surface area contributed by atoms with Gasteiger partial charge in [0.25, 0.3) is 0 Å². The highest BCUT2D eigenvalue weighted by Gasteiger charge is 2.17. The van der Waals surface area contributed by atoms with Crippen molar-refractivity contribution >= 4 is 40.1 Å². The molecule has 0 amide bonds. The number of carboxylic acids is 1. The highest BCUT2D eigenvalue weighted by molar-refractivity contribution is 6.33. The smallest absolute Gasteiger partial charge is 0.336 e. The van der Waals surface area contributed by atoms with Gasteiger partial charge in [0.1, 0.15) is 5.52 Å². The van der Waals surface area contributed by atoms with Gasteiger partial charge in [-0.15, -0.1) is 0 Å². The van der Waals surface area contributed by atoms with E-state index in [-0.39, 0.29) is 27.2 Å². The molecule has 0 aliphatic heterocycles. The highest BCUT2D eigenvalue weighted by Crippen LogP contribution is 2.31. The SMILES string of the molecule is O=C(O)c1cc(-c2ccccc2Cl)nc2c(F)cc(Cl)cc12. The molecule has 0 radical (unpaired) electrons. The Morgan fingerprint density at radius 3 is 2.55 bits per heavy atom. The first-order valence-electron chi connectivity index (χ1n) is 6.25. The van der Waals surface area contributed by atoms with Gasteiger partial charge in [0.2, 0.25) is 0 Å². The molecule has 3 rings (SSSR count). The average Bonchev–Trinajstić information content (AvgIpc) is 2.46. The quantitative estimate of drug-likeness (QED) is 0.713. The molecule has 0 bridgehead atoms. The van der Waals surface area contributed by atoms with Crippen LogP contribution in [-0.4, -0.2) is 16.1 Å². The number of aromatic nitrogens is 1. The number of carboxylic acid groups (broad SMARTS) is 1. The average molecular weight is 336 g/mol. The van der Waals surface area contributed by atoms with E-state index in [0.29, 0.717) is 10.6 Å². The Bertz CT molecular complexity index is 912. The minimum atomic E-state index is -1.19. The molecular weight excluding hydrogens is 328 g/mol. The van der Waals surface area contributed by atoms with Gasteiger partial charge < -0.3 is 5.11 Å². The summed E-state index contributed by atoms with van der Waals surface area (Å²) in [4.78, 5) is 15.7. The zero-order valence-electron chi connectivity index (χ0n) is 11.0. The fourth-order valence-electron chi connectivity index (χ4n) is 2.24. The summed E-state index contributed by atoms with van der Waals surface area (Å²) in [5, 5.41) is 10.0. The van der Waals surface area contributed by atoms with Crippen molar-refractivity contribution in [2.75, 3.05) is 0 Å². The van der Waals surface area contributed by atoms with Gasteiger partial charge in [-0.25, -0.2) is 14.2 Å². The zero-order valence-corrected chi connectivity index (χ0v) is 12.5. The Hall–Kier alpha value is -2.17. The first kappa shape index (κ1) is 14.8. The van der Waals surface area contributed by atoms with Crippen LogP contribution in [0.4, 0.5) is 4.39 Å². The van der Waals surface area contributed by atoms with Crippen molar-refractivity contribution in [2.24, 2.45) is 0 Å². The monoisotopic (exact) mass is 335 g/mol. The Morgan fingerprint density at radius 1 is 1.14 bits per heavy atom. The van der Waals surface area contributed by atoms with Gasteiger partial charge in [-0.2, -0.15) is 0 Å². The van der Waals surface area contributed by atoms with Crippen LogP contribution in [0.3, 0.4) is 0 Å². The van der Waals surface area contributed by atoms with Gasteiger partial charge in [-0.05, 0) is 24.3 Å². The summed E-state index contributed by atoms with van der Waals surface area (Å²) < 4.78 is 14.1. The van der Waals surface area contributed by atoms with Gasteiger partial charge in [-0.1, -0.05) is 41.4 Å². The lowest BCUT2D eigenvalue weighted by Crippen LogP contribution is -2.01. The molecule has 1 aromatic heterocycles. The van der Waals surface area contributed by atoms with E-state index in [9.17, 15) is 14.3 Å². The molecule has 22 heavy (non-hydrogen) atoms. The molecule has 0 spiro atoms. The molecule has 0 atom stereocenters. The van der Waals surface area contributed by atoms with Gasteiger partial charge in [0.15, 0.2) is 5.82 Å². The summed E-state index contributed by atoms with van der Waals surface area (Å²) in [6, 6.07) is 10.7. The van der Waals surface area contributed by atoms with Crippen LogP contribution in [0.2, 0.25) is 10.0 Å². The van der Waals surface area contributed by atoms with E-state index in [1.807, 2.05) is 0 Å². The van der Waals surface area contributed by atoms with E-state index >= 15 is 0 Å². The first-order chi connectivity index (χ1) is 10.5. The van der Waals surface area contributed by atoms with Crippen molar-refractivity contribution in [3.05, 3.63) is 63.9 Å². The normalized spacial score (nSPS) is 10.9. The van der Waals surface area contributed by atoms with E-state index in [1.165, 1.54) is 12.1 Å². The zero-order chi connectivity index (χ0) is 15.9. The van der Waals surface area contributed by atoms with Crippen LogP contribution in [0.25, 0.3) is 22.2 Å². The maximum atomic E-state index is 14.1. The van der Waals surface area contributed by atoms with Crippen LogP contribution in [0.15, 0.2) is 42.5 Å². The summed E-state index contributed by atoms with van der Waals surface area (Å²) in [6.07, 6.45) is 0. The number of fused-ring (bicyclic) bond motifs is 1. The minimum absolute atomic E-state index is 0.0563. The maximum absolute atomic E-state index is 14.1. The molecule has 1 heterocycles. The van der Waals surface area contributed by atoms with Crippen molar-refractivity contribution < 1.29 is 14.3 Å². The van der Waals surface area contributed by atoms with E-state index in [1.54, 1.807) is 24.3 Å². The van der Waals surface area contributed by atoms with E-state index in [4.69, 9.17) is 23.2 Å². The van der Waals surface area contributed by atoms with E-state index < -0.39 is 11.8 Å². The molecule has 3 aromatic rings. The molecule has 0 saturated carbocycles. The number of hydrogen-bond acceptors (Lipinski definition) is 2. The molecule has 3 nitrogen and oxygen atoms in total. The summed E-state index contributed by atoms with van der Waals surface area (Å²) in [6.45, 7) is 0. The number of halogens is 3. The lowest BCUT2D eigenvalue weighted by atomic mass is 10.0. The predicted octanol–water partition coefficient (Wildman–Crippen LogP) is 5.05. The summed E-state index contributed by atoms with van der Waals surface area (Å²) in [5.41, 5.74) is 0.681. The molecule has 0 saturated heterocycles. The van der Waals surface area contributed by atoms with Crippen LogP contribution in [0, 0.1) is 5.82 Å². The van der Waals surface area contributed by atoms with Crippen molar-refractivity contribution in [2.45, 2.75) is 0 Å². The summed E-state index contributed by atoms with van der Waals surface area (Å²) in [5.74, 6) is -1.87. The molecule has 0 unspecified atom stereocenters. The molecule has 6 heteroatoms. The van der Waals surface area contributed by atoms with Gasteiger partial charge >= 0.3 is 5.97 Å². The second-order valence-corrected chi connectivity index (χ2v) is 5.47. The number of benzene rings is 2. The Labute approximate surface area is 134 Å². The number of nitrogens with zero attached hydrogens (tertiary/aromatic N) is 1. The third-order valence-electron chi connectivity index (χ3n) is 3.21. The minimum Gasteiger partial charge on any atom is -0.478 e. The van der Waals surface area contributed by atoms with Crippen LogP contribution in [0.5, 0.6) is 0 Å². The van der Waals surface area contributed by atoms with Crippen LogP contribution >= 0.6 is 23.2 Å². The molecule has 2 aromatic carbocycles. The molecule has 0 aliphatic rings. The lowest BCUT2D eigenvalue weighted by molar-refractivity contribution is 0.0699. The Balaban J connectivity index is 2.40. The standard InChI is InChI=1S/C16H8Cl2FNO2/c17-8-5-10-11(16(21)22)7-14(20-15(10)13(19)6-8)9-3-1-2-4-12(9)18/h1-7H,(H,21,22). The Morgan fingerprint density at radius 2 is 1.86 bits per heavy atom. The topological polar surface area (TPSA) is 50.2 Å². The maximum Gasteiger partial charge on any atom is 0.336 e. The largest absolute Gasteiger partial charge is 0.478 e. The number of pyridine rings is 1. The van der Waals surface area contributed by atoms with Crippen molar-refractivity contribution in [3.8, 4) is 11.3 Å². The summed E-state index contributed by atoms with van der Waals surface area (Å²) >= 11 is 11.9. The number of rotatable bonds is 2. The number of aromatic carboxylic acids is 1. The predicted molar refractivity (Wildman–Crippen MR) is 84.1 cm³/mol. The van der Waals surface area contributed by atoms with Crippen LogP contribution in [0.1, 0.15) is 10.4 Å². The van der Waals surface area contributed by atoms with E-state index in [2.05, 4.69) is 4.98 Å². The lowest BCUT2D eigenvalue weighted by Gasteiger charge is -2.09. The molecule has 1 N–H and O–H groups in total. The third-order valence-corrected chi connectivity index (χ3v) is 3.76. The number of carbonyl (C=O) groups is 1. The molecule has 0 aliphatic carbocycles. The fourth-order valence-corrected chi connectivity index (χ4v) is 2.67. The second kappa shape index (κ2) is 5.55. The number of hydrogen-bond donors (Lipinski definition) is 1. The first-order valence-corrected chi connectivity index (χ1v) is 7.01. The second-order valence-electron chi connectivity index (χ2n) is 4.62. The van der Waals surface area contributed by atoms with Gasteiger partial charge in [0.05, 0.1) is 11.3 Å². The summed E-state index contributed by atoms with van der Waals surface area (Å²) in [7, 11) is 0. The molecule has 110 valence electrons. The van der Waals surface area contributed by atoms with Gasteiger partial charge in [-0.3, -0.25) is 0 Å². The van der Waals surface area contributed by atoms with Crippen molar-refractivity contribution in [1.29, 1.82) is 0 Å². The van der Waals surface area contributed by atoms with Crippen LogP contribution < -0.4 is 0 Å². The Kier molecular flexibility index (Phi) is 3.72. The molecular formula is C16H8Cl2FNO2. The molecule has 0 fully saturated rings. The van der Waals surface area contributed by atoms with Gasteiger partial charge in [0, 0.05) is 21.0 Å². The fraction of sp³-hybridized carbons (Fsp3) is 0. The van der Waals surface area contributed by atoms with Crippen molar-refractivity contribution in [1.82, 2.24) is 4.98 Å². The highest BCUT2D eigenvalue weighted by atomic mass is 35.5. The van der Waals surface area contributed by atoms with Crippen molar-refractivity contribution in [3.63, 3.8) is 0 Å². The van der Waals surface area contributed by atoms with E-state index in [0.717, 1.165) is 6.07 Å².